The second kappa shape index (κ2) is 11.7. The molecule has 5 heteroatoms. The fourth-order valence-corrected chi connectivity index (χ4v) is 5.42. The summed E-state index contributed by atoms with van der Waals surface area (Å²) in [7, 11) is 0. The molecule has 0 aromatic heterocycles. The van der Waals surface area contributed by atoms with E-state index in [2.05, 4.69) is 41.4 Å². The zero-order chi connectivity index (χ0) is 23.8. The molecule has 2 aromatic rings. The minimum Gasteiger partial charge on any atom is -0.493 e. The number of ether oxygens (including phenoxy) is 1. The first kappa shape index (κ1) is 24.5. The van der Waals surface area contributed by atoms with E-state index >= 15 is 0 Å². The molecule has 5 nitrogen and oxygen atoms in total. The zero-order valence-electron chi connectivity index (χ0n) is 20.5. The number of amides is 1. The number of hydrogen-bond acceptors (Lipinski definition) is 4. The average molecular weight is 463 g/mol. The largest absolute Gasteiger partial charge is 0.493 e. The van der Waals surface area contributed by atoms with Gasteiger partial charge in [-0.15, -0.1) is 0 Å². The number of ketones is 1. The van der Waals surface area contributed by atoms with Gasteiger partial charge in [-0.2, -0.15) is 0 Å². The van der Waals surface area contributed by atoms with Gasteiger partial charge in [0.1, 0.15) is 11.5 Å². The third kappa shape index (κ3) is 5.69. The Bertz CT molecular complexity index is 965. The molecule has 1 saturated heterocycles. The second-order valence-corrected chi connectivity index (χ2v) is 9.70. The van der Waals surface area contributed by atoms with Crippen molar-refractivity contribution in [2.75, 3.05) is 31.6 Å². The van der Waals surface area contributed by atoms with Gasteiger partial charge in [0, 0.05) is 30.6 Å². The van der Waals surface area contributed by atoms with E-state index in [0.717, 1.165) is 81.6 Å². The number of Topliss-reactive ketones (excluding diaryl/α,β-unsaturated/α-hetero) is 1. The highest BCUT2D eigenvalue weighted by atomic mass is 16.5. The predicted molar refractivity (Wildman–Crippen MR) is 136 cm³/mol. The number of nitrogens with zero attached hydrogens (tertiary/aromatic N) is 1. The van der Waals surface area contributed by atoms with E-state index in [1.807, 2.05) is 24.3 Å². The number of piperidine rings is 1. The van der Waals surface area contributed by atoms with Crippen LogP contribution in [0.1, 0.15) is 69.4 Å². The number of likely N-dealkylation sites (tertiary alicyclic amines) is 1. The molecule has 0 aliphatic carbocycles. The van der Waals surface area contributed by atoms with Crippen LogP contribution in [0.3, 0.4) is 0 Å². The van der Waals surface area contributed by atoms with Crippen molar-refractivity contribution in [3.63, 3.8) is 0 Å². The molecule has 2 aliphatic heterocycles. The second-order valence-electron chi connectivity index (χ2n) is 9.70. The monoisotopic (exact) mass is 462 g/mol. The van der Waals surface area contributed by atoms with Crippen molar-refractivity contribution in [2.24, 2.45) is 0 Å². The number of benzene rings is 2. The van der Waals surface area contributed by atoms with E-state index < -0.39 is 0 Å². The summed E-state index contributed by atoms with van der Waals surface area (Å²) >= 11 is 0. The third-order valence-electron chi connectivity index (χ3n) is 7.46. The molecule has 0 saturated carbocycles. The predicted octanol–water partition coefficient (Wildman–Crippen LogP) is 5.52. The van der Waals surface area contributed by atoms with Crippen molar-refractivity contribution < 1.29 is 14.3 Å². The Morgan fingerprint density at radius 2 is 1.79 bits per heavy atom. The van der Waals surface area contributed by atoms with Crippen LogP contribution in [-0.2, 0) is 21.4 Å². The molecular weight excluding hydrogens is 424 g/mol. The standard InChI is InChI=1S/C29H38N2O3/c1-2-3-5-14-27(32)29(23-10-6-4-7-11-23)17-20-31(21-18-29)19-9-22-34-26-13-8-12-25-24(26)15-16-28(33)30-25/h4,6-8,10-13H,2-3,5,9,14-22H2,1H3,(H,30,33). The van der Waals surface area contributed by atoms with Gasteiger partial charge >= 0.3 is 0 Å². The molecule has 2 heterocycles. The number of carbonyl (C=O) groups excluding carboxylic acids is 2. The van der Waals surface area contributed by atoms with E-state index in [4.69, 9.17) is 4.74 Å². The van der Waals surface area contributed by atoms with Crippen LogP contribution >= 0.6 is 0 Å². The first-order chi connectivity index (χ1) is 16.6. The van der Waals surface area contributed by atoms with E-state index in [9.17, 15) is 9.59 Å². The molecule has 4 rings (SSSR count). The van der Waals surface area contributed by atoms with Gasteiger partial charge in [-0.05, 0) is 62.9 Å². The lowest BCUT2D eigenvalue weighted by molar-refractivity contribution is -0.126. The lowest BCUT2D eigenvalue weighted by Gasteiger charge is -2.41. The molecule has 1 amide bonds. The van der Waals surface area contributed by atoms with Crippen molar-refractivity contribution in [3.8, 4) is 5.75 Å². The minimum atomic E-state index is -0.324. The fourth-order valence-electron chi connectivity index (χ4n) is 5.42. The van der Waals surface area contributed by atoms with Crippen LogP contribution < -0.4 is 10.1 Å². The van der Waals surface area contributed by atoms with Crippen LogP contribution in [0.5, 0.6) is 5.75 Å². The summed E-state index contributed by atoms with van der Waals surface area (Å²) in [6.45, 7) is 5.70. The van der Waals surface area contributed by atoms with Gasteiger partial charge in [0.05, 0.1) is 12.0 Å². The van der Waals surface area contributed by atoms with Crippen LogP contribution in [0.4, 0.5) is 5.69 Å². The van der Waals surface area contributed by atoms with Crippen LogP contribution in [0.2, 0.25) is 0 Å². The molecule has 1 N–H and O–H groups in total. The van der Waals surface area contributed by atoms with Gasteiger partial charge in [-0.3, -0.25) is 9.59 Å². The van der Waals surface area contributed by atoms with Gasteiger partial charge in [0.15, 0.2) is 0 Å². The Balaban J connectivity index is 1.29. The summed E-state index contributed by atoms with van der Waals surface area (Å²) in [6.07, 6.45) is 7.94. The molecular formula is C29H38N2O3. The lowest BCUT2D eigenvalue weighted by Crippen LogP contribution is -2.47. The summed E-state index contributed by atoms with van der Waals surface area (Å²) in [5.41, 5.74) is 2.86. The Morgan fingerprint density at radius 3 is 2.56 bits per heavy atom. The lowest BCUT2D eigenvalue weighted by atomic mass is 9.68. The quantitative estimate of drug-likeness (QED) is 0.447. The highest BCUT2D eigenvalue weighted by Gasteiger charge is 2.41. The highest BCUT2D eigenvalue weighted by Crippen LogP contribution is 2.38. The summed E-state index contributed by atoms with van der Waals surface area (Å²) < 4.78 is 6.10. The molecule has 182 valence electrons. The summed E-state index contributed by atoms with van der Waals surface area (Å²) in [4.78, 5) is 27.5. The summed E-state index contributed by atoms with van der Waals surface area (Å²) in [5, 5.41) is 2.93. The summed E-state index contributed by atoms with van der Waals surface area (Å²) in [5.74, 6) is 1.39. The zero-order valence-corrected chi connectivity index (χ0v) is 20.5. The van der Waals surface area contributed by atoms with Gasteiger partial charge in [0.2, 0.25) is 5.91 Å². The molecule has 0 unspecified atom stereocenters. The van der Waals surface area contributed by atoms with E-state index in [1.165, 1.54) is 5.56 Å². The smallest absolute Gasteiger partial charge is 0.224 e. The fraction of sp³-hybridized carbons (Fsp3) is 0.517. The Labute approximate surface area is 203 Å². The van der Waals surface area contributed by atoms with Crippen molar-refractivity contribution >= 4 is 17.4 Å². The van der Waals surface area contributed by atoms with Gasteiger partial charge in [-0.1, -0.05) is 56.2 Å². The Morgan fingerprint density at radius 1 is 1.00 bits per heavy atom. The molecule has 0 radical (unpaired) electrons. The maximum absolute atomic E-state index is 13.4. The van der Waals surface area contributed by atoms with Crippen molar-refractivity contribution in [1.29, 1.82) is 0 Å². The van der Waals surface area contributed by atoms with Crippen LogP contribution in [0, 0.1) is 0 Å². The van der Waals surface area contributed by atoms with Crippen molar-refractivity contribution in [3.05, 3.63) is 59.7 Å². The number of anilines is 1. The van der Waals surface area contributed by atoms with E-state index in [-0.39, 0.29) is 11.3 Å². The van der Waals surface area contributed by atoms with Crippen LogP contribution in [0.15, 0.2) is 48.5 Å². The Kier molecular flexibility index (Phi) is 8.39. The molecule has 2 aromatic carbocycles. The van der Waals surface area contributed by atoms with Crippen molar-refractivity contribution in [2.45, 2.75) is 70.1 Å². The highest BCUT2D eigenvalue weighted by molar-refractivity contribution is 5.94. The number of carbonyl (C=O) groups is 2. The first-order valence-electron chi connectivity index (χ1n) is 13.0. The van der Waals surface area contributed by atoms with E-state index in [1.54, 1.807) is 0 Å². The normalized spacial score (nSPS) is 17.6. The van der Waals surface area contributed by atoms with E-state index in [0.29, 0.717) is 25.2 Å². The molecule has 34 heavy (non-hydrogen) atoms. The van der Waals surface area contributed by atoms with Crippen LogP contribution in [-0.4, -0.2) is 42.8 Å². The molecule has 0 atom stereocenters. The molecule has 0 bridgehead atoms. The SMILES string of the molecule is CCCCCC(=O)C1(c2ccccc2)CCN(CCCOc2cccc3c2CCC(=O)N3)CC1. The van der Waals surface area contributed by atoms with Crippen molar-refractivity contribution in [1.82, 2.24) is 4.90 Å². The topological polar surface area (TPSA) is 58.6 Å². The van der Waals surface area contributed by atoms with Gasteiger partial charge in [0.25, 0.3) is 0 Å². The summed E-state index contributed by atoms with van der Waals surface area (Å²) in [6, 6.07) is 16.3. The number of rotatable bonds is 11. The number of hydrogen-bond donors (Lipinski definition) is 1. The maximum atomic E-state index is 13.4. The Hall–Kier alpha value is -2.66. The van der Waals surface area contributed by atoms with Gasteiger partial charge in [-0.25, -0.2) is 0 Å². The number of fused-ring (bicyclic) bond motifs is 1. The molecule has 1 fully saturated rings. The molecule has 0 spiro atoms. The van der Waals surface area contributed by atoms with Crippen LogP contribution in [0.25, 0.3) is 0 Å². The minimum absolute atomic E-state index is 0.0742. The average Bonchev–Trinajstić information content (AvgIpc) is 2.87. The number of nitrogens with one attached hydrogen (secondary N) is 1. The first-order valence-corrected chi connectivity index (χ1v) is 13.0. The maximum Gasteiger partial charge on any atom is 0.224 e. The third-order valence-corrected chi connectivity index (χ3v) is 7.46. The van der Waals surface area contributed by atoms with Gasteiger partial charge < -0.3 is 15.0 Å². The molecule has 2 aliphatic rings. The number of unbranched alkanes of at least 4 members (excludes halogenated alkanes) is 2.